The molecule has 0 saturated carbocycles. The number of aromatic nitrogens is 4. The second kappa shape index (κ2) is 11.7. The minimum atomic E-state index is -2.64. The van der Waals surface area contributed by atoms with Gasteiger partial charge in [-0.25, -0.2) is 0 Å². The number of hydrogen-bond donors (Lipinski definition) is 0. The molecular formula is C44H36BrN5Si. The molecule has 7 heteroatoms. The minimum absolute atomic E-state index is 0.531. The first-order chi connectivity index (χ1) is 24.7. The third kappa shape index (κ3) is 4.64. The van der Waals surface area contributed by atoms with Gasteiger partial charge in [-0.05, 0) is 132 Å². The average molecular weight is 743 g/mol. The molecule has 6 aromatic carbocycles. The van der Waals surface area contributed by atoms with E-state index in [-0.39, 0.29) is 0 Å². The summed E-state index contributed by atoms with van der Waals surface area (Å²) in [6.45, 7) is 12.8. The molecule has 0 N–H and O–H groups in total. The third-order valence-electron chi connectivity index (χ3n) is 10.7. The van der Waals surface area contributed by atoms with Gasteiger partial charge in [0.1, 0.15) is 0 Å². The summed E-state index contributed by atoms with van der Waals surface area (Å²) >= 11 is 3.59. The number of fused-ring (bicyclic) bond motifs is 9. The molecule has 0 fully saturated rings. The maximum Gasteiger partial charge on any atom is 0.204 e. The minimum Gasteiger partial charge on any atom is -0.311 e. The number of rotatable bonds is 3. The Balaban J connectivity index is 1.21. The molecule has 1 aromatic heterocycles. The lowest BCUT2D eigenvalue weighted by Gasteiger charge is -2.43. The van der Waals surface area contributed by atoms with Gasteiger partial charge in [0, 0.05) is 32.7 Å². The van der Waals surface area contributed by atoms with Crippen LogP contribution in [0.25, 0.3) is 33.9 Å². The van der Waals surface area contributed by atoms with E-state index in [1.807, 2.05) is 0 Å². The highest BCUT2D eigenvalue weighted by atomic mass is 79.9. The van der Waals surface area contributed by atoms with E-state index < -0.39 is 8.07 Å². The Kier molecular flexibility index (Phi) is 7.25. The normalized spacial score (nSPS) is 13.5. The number of benzene rings is 6. The van der Waals surface area contributed by atoms with Crippen LogP contribution >= 0.6 is 15.9 Å². The molecule has 3 heterocycles. The van der Waals surface area contributed by atoms with Crippen LogP contribution in [-0.4, -0.2) is 28.5 Å². The lowest BCUT2D eigenvalue weighted by atomic mass is 10.00. The molecule has 0 bridgehead atoms. The van der Waals surface area contributed by atoms with Gasteiger partial charge in [0.25, 0.3) is 0 Å². The van der Waals surface area contributed by atoms with E-state index in [1.165, 1.54) is 54.4 Å². The monoisotopic (exact) mass is 741 g/mol. The lowest BCUT2D eigenvalue weighted by Crippen LogP contribution is -2.75. The largest absolute Gasteiger partial charge is 0.311 e. The Morgan fingerprint density at radius 2 is 0.882 bits per heavy atom. The second-order valence-electron chi connectivity index (χ2n) is 14.1. The summed E-state index contributed by atoms with van der Waals surface area (Å²) in [7, 11) is -2.64. The van der Waals surface area contributed by atoms with Crippen LogP contribution in [0.15, 0.2) is 114 Å². The van der Waals surface area contributed by atoms with Crippen molar-refractivity contribution in [2.45, 2.75) is 41.5 Å². The van der Waals surface area contributed by atoms with E-state index in [0.717, 1.165) is 43.5 Å². The van der Waals surface area contributed by atoms with E-state index >= 15 is 0 Å². The number of halogens is 1. The predicted octanol–water partition coefficient (Wildman–Crippen LogP) is 8.35. The van der Waals surface area contributed by atoms with Crippen molar-refractivity contribution in [3.8, 4) is 33.9 Å². The zero-order valence-electron chi connectivity index (χ0n) is 29.5. The van der Waals surface area contributed by atoms with Crippen LogP contribution in [0.3, 0.4) is 0 Å². The van der Waals surface area contributed by atoms with E-state index in [4.69, 9.17) is 0 Å². The molecule has 5 nitrogen and oxygen atoms in total. The summed E-state index contributed by atoms with van der Waals surface area (Å²) in [6.07, 6.45) is 0. The van der Waals surface area contributed by atoms with Crippen LogP contribution < -0.4 is 25.6 Å². The highest BCUT2D eigenvalue weighted by molar-refractivity contribution is 9.10. The summed E-state index contributed by atoms with van der Waals surface area (Å²) < 4.78 is 1.03. The van der Waals surface area contributed by atoms with Gasteiger partial charge in [0.15, 0.2) is 8.07 Å². The summed E-state index contributed by atoms with van der Waals surface area (Å²) in [5.41, 5.74) is 15.2. The molecule has 7 aromatic rings. The second-order valence-corrected chi connectivity index (χ2v) is 18.7. The fraction of sp³-hybridized carbons (Fsp3) is 0.136. The SMILES string of the molecule is Cc1ccc2c(c1)-c1cc(C)ccc1[Si]21c2ccccc2N(c2cc(C)c(-c3nnc(-c4c(C)cc(Br)cc4C)nn3)c(C)c2)c2ccccc21. The first-order valence-electron chi connectivity index (χ1n) is 17.3. The van der Waals surface area contributed by atoms with Crippen molar-refractivity contribution in [1.82, 2.24) is 20.4 Å². The van der Waals surface area contributed by atoms with Gasteiger partial charge in [-0.15, -0.1) is 20.4 Å². The predicted molar refractivity (Wildman–Crippen MR) is 215 cm³/mol. The van der Waals surface area contributed by atoms with Gasteiger partial charge in [-0.1, -0.05) is 99.9 Å². The Bertz CT molecular complexity index is 2430. The van der Waals surface area contributed by atoms with Gasteiger partial charge < -0.3 is 4.90 Å². The van der Waals surface area contributed by atoms with Crippen molar-refractivity contribution >= 4 is 61.8 Å². The zero-order valence-corrected chi connectivity index (χ0v) is 32.1. The van der Waals surface area contributed by atoms with Crippen molar-refractivity contribution in [1.29, 1.82) is 0 Å². The van der Waals surface area contributed by atoms with Crippen molar-refractivity contribution in [2.75, 3.05) is 4.90 Å². The Morgan fingerprint density at radius 3 is 1.33 bits per heavy atom. The van der Waals surface area contributed by atoms with Crippen molar-refractivity contribution in [3.05, 3.63) is 147 Å². The maximum atomic E-state index is 4.63. The van der Waals surface area contributed by atoms with E-state index in [9.17, 15) is 0 Å². The highest BCUT2D eigenvalue weighted by Crippen LogP contribution is 2.43. The molecular weight excluding hydrogens is 707 g/mol. The van der Waals surface area contributed by atoms with E-state index in [0.29, 0.717) is 11.6 Å². The molecule has 51 heavy (non-hydrogen) atoms. The van der Waals surface area contributed by atoms with Crippen molar-refractivity contribution in [3.63, 3.8) is 0 Å². The Labute approximate surface area is 308 Å². The lowest BCUT2D eigenvalue weighted by molar-refractivity contribution is 0.871. The number of nitrogens with zero attached hydrogens (tertiary/aromatic N) is 5. The Morgan fingerprint density at radius 1 is 0.471 bits per heavy atom. The number of para-hydroxylation sites is 2. The number of anilines is 3. The van der Waals surface area contributed by atoms with Crippen LogP contribution in [-0.2, 0) is 0 Å². The van der Waals surface area contributed by atoms with Crippen LogP contribution in [0.5, 0.6) is 0 Å². The molecule has 2 aliphatic heterocycles. The zero-order chi connectivity index (χ0) is 35.2. The maximum absolute atomic E-state index is 4.63. The first kappa shape index (κ1) is 31.7. The average Bonchev–Trinajstić information content (AvgIpc) is 3.37. The van der Waals surface area contributed by atoms with Gasteiger partial charge in [-0.2, -0.15) is 0 Å². The molecule has 0 radical (unpaired) electrons. The molecule has 248 valence electrons. The topological polar surface area (TPSA) is 54.8 Å². The van der Waals surface area contributed by atoms with Gasteiger partial charge >= 0.3 is 0 Å². The van der Waals surface area contributed by atoms with Crippen molar-refractivity contribution in [2.24, 2.45) is 0 Å². The molecule has 0 atom stereocenters. The molecule has 0 unspecified atom stereocenters. The van der Waals surface area contributed by atoms with Gasteiger partial charge in [0.05, 0.1) is 0 Å². The summed E-state index contributed by atoms with van der Waals surface area (Å²) in [4.78, 5) is 2.46. The van der Waals surface area contributed by atoms with E-state index in [2.05, 4.69) is 192 Å². The van der Waals surface area contributed by atoms with Gasteiger partial charge in [-0.3, -0.25) is 0 Å². The molecule has 2 aliphatic rings. The van der Waals surface area contributed by atoms with Crippen molar-refractivity contribution < 1.29 is 0 Å². The van der Waals surface area contributed by atoms with E-state index in [1.54, 1.807) is 0 Å². The third-order valence-corrected chi connectivity index (χ3v) is 16.2. The summed E-state index contributed by atoms with van der Waals surface area (Å²) in [6, 6.07) is 41.1. The summed E-state index contributed by atoms with van der Waals surface area (Å²) in [5.74, 6) is 1.07. The number of hydrogen-bond acceptors (Lipinski definition) is 5. The highest BCUT2D eigenvalue weighted by Gasteiger charge is 2.53. The van der Waals surface area contributed by atoms with Crippen LogP contribution in [0, 0.1) is 41.5 Å². The smallest absolute Gasteiger partial charge is 0.204 e. The fourth-order valence-electron chi connectivity index (χ4n) is 8.78. The van der Waals surface area contributed by atoms with Crippen LogP contribution in [0.1, 0.15) is 33.4 Å². The fourth-order valence-corrected chi connectivity index (χ4v) is 14.9. The number of aryl methyl sites for hydroxylation is 6. The quantitative estimate of drug-likeness (QED) is 0.171. The molecule has 9 rings (SSSR count). The Hall–Kier alpha value is -5.24. The standard InChI is InChI=1S/C44H36BrN5Si/c1-25-15-17-37-33(19-25)34-20-26(2)16-18-38(34)51(37)39-13-9-7-11-35(39)50(36-12-8-10-14-40(36)51)32-23-29(5)42(30(6)24-32)44-48-46-43(47-49-44)41-27(3)21-31(45)22-28(41)4/h7-24H,1-6H3. The van der Waals surface area contributed by atoms with Gasteiger partial charge in [0.2, 0.25) is 11.6 Å². The molecule has 0 aliphatic carbocycles. The first-order valence-corrected chi connectivity index (χ1v) is 20.1. The molecule has 1 spiro atoms. The molecule has 0 saturated heterocycles. The van der Waals surface area contributed by atoms with Crippen LogP contribution in [0.4, 0.5) is 17.1 Å². The summed E-state index contributed by atoms with van der Waals surface area (Å²) in [5, 5.41) is 24.2. The van der Waals surface area contributed by atoms with Crippen LogP contribution in [0.2, 0.25) is 0 Å². The molecule has 0 amide bonds.